The lowest BCUT2D eigenvalue weighted by atomic mass is 10.1. The maximum absolute atomic E-state index is 12.3. The summed E-state index contributed by atoms with van der Waals surface area (Å²) in [6, 6.07) is 14.2. The quantitative estimate of drug-likeness (QED) is 0.437. The molecule has 0 atom stereocenters. The number of carbonyl (C=O) groups is 2. The van der Waals surface area contributed by atoms with Gasteiger partial charge < -0.3 is 4.42 Å². The molecule has 1 aromatic heterocycles. The highest BCUT2D eigenvalue weighted by atomic mass is 35.5. The minimum atomic E-state index is -0.205. The van der Waals surface area contributed by atoms with Gasteiger partial charge >= 0.3 is 0 Å². The average Bonchev–Trinajstić information content (AvgIpc) is 3.27. The predicted molar refractivity (Wildman–Crippen MR) is 104 cm³/mol. The highest BCUT2D eigenvalue weighted by Gasteiger charge is 2.34. The van der Waals surface area contributed by atoms with Crippen molar-refractivity contribution in [3.05, 3.63) is 70.6 Å². The normalized spacial score (nSPS) is 13.2. The number of unbranched alkanes of at least 4 members (excludes halogenated alkanes) is 2. The molecule has 1 aliphatic rings. The molecule has 0 fully saturated rings. The van der Waals surface area contributed by atoms with Crippen LogP contribution in [0.2, 0.25) is 5.02 Å². The SMILES string of the molecule is O=C1c2ccccc2C(=O)N1CCCCCc1nnc(-c2cccc(Cl)c2)o1. The molecule has 2 amide bonds. The molecule has 0 aliphatic carbocycles. The number of hydrogen-bond donors (Lipinski definition) is 0. The van der Waals surface area contributed by atoms with E-state index >= 15 is 0 Å². The lowest BCUT2D eigenvalue weighted by Crippen LogP contribution is -2.30. The fourth-order valence-corrected chi connectivity index (χ4v) is 3.45. The number of fused-ring (bicyclic) bond motifs is 1. The summed E-state index contributed by atoms with van der Waals surface area (Å²) >= 11 is 5.98. The van der Waals surface area contributed by atoms with E-state index in [1.165, 1.54) is 4.90 Å². The van der Waals surface area contributed by atoms with E-state index in [0.717, 1.165) is 24.8 Å². The van der Waals surface area contributed by atoms with Gasteiger partial charge in [0.1, 0.15) is 0 Å². The molecule has 6 nitrogen and oxygen atoms in total. The third-order valence-corrected chi connectivity index (χ3v) is 4.92. The Bertz CT molecular complexity index is 996. The summed E-state index contributed by atoms with van der Waals surface area (Å²) in [5, 5.41) is 8.75. The molecule has 0 unspecified atom stereocenters. The van der Waals surface area contributed by atoms with E-state index in [9.17, 15) is 9.59 Å². The van der Waals surface area contributed by atoms with Gasteiger partial charge in [-0.05, 0) is 43.2 Å². The molecule has 0 saturated carbocycles. The number of rotatable bonds is 7. The van der Waals surface area contributed by atoms with Crippen molar-refractivity contribution >= 4 is 23.4 Å². The van der Waals surface area contributed by atoms with Crippen LogP contribution < -0.4 is 0 Å². The zero-order chi connectivity index (χ0) is 19.5. The van der Waals surface area contributed by atoms with Gasteiger partial charge in [0, 0.05) is 23.6 Å². The van der Waals surface area contributed by atoms with Gasteiger partial charge in [-0.15, -0.1) is 10.2 Å². The minimum absolute atomic E-state index is 0.205. The van der Waals surface area contributed by atoms with Crippen molar-refractivity contribution in [3.63, 3.8) is 0 Å². The first-order chi connectivity index (χ1) is 13.6. The monoisotopic (exact) mass is 395 g/mol. The fourth-order valence-electron chi connectivity index (χ4n) is 3.26. The summed E-state index contributed by atoms with van der Waals surface area (Å²) in [7, 11) is 0. The number of imide groups is 1. The van der Waals surface area contributed by atoms with Crippen LogP contribution in [0.4, 0.5) is 0 Å². The van der Waals surface area contributed by atoms with E-state index in [-0.39, 0.29) is 11.8 Å². The maximum Gasteiger partial charge on any atom is 0.261 e. The molecule has 0 N–H and O–H groups in total. The fraction of sp³-hybridized carbons (Fsp3) is 0.238. The summed E-state index contributed by atoms with van der Waals surface area (Å²) in [5.74, 6) is 0.603. The molecule has 2 aromatic carbocycles. The van der Waals surface area contributed by atoms with Crippen LogP contribution in [0.15, 0.2) is 52.9 Å². The molecule has 0 radical (unpaired) electrons. The number of aryl methyl sites for hydroxylation is 1. The Kier molecular flexibility index (Phi) is 5.21. The molecule has 142 valence electrons. The first-order valence-electron chi connectivity index (χ1n) is 9.17. The van der Waals surface area contributed by atoms with Gasteiger partial charge in [-0.1, -0.05) is 36.2 Å². The van der Waals surface area contributed by atoms with Crippen molar-refractivity contribution < 1.29 is 14.0 Å². The standard InChI is InChI=1S/C21H18ClN3O3/c22-15-8-6-7-14(13-15)19-24-23-18(28-19)11-2-1-5-12-25-20(26)16-9-3-4-10-17(16)21(25)27/h3-4,6-10,13H,1-2,5,11-12H2. The van der Waals surface area contributed by atoms with Gasteiger partial charge in [0.15, 0.2) is 0 Å². The Morgan fingerprint density at radius 2 is 1.64 bits per heavy atom. The van der Waals surface area contributed by atoms with Gasteiger partial charge in [-0.2, -0.15) is 0 Å². The number of hydrogen-bond acceptors (Lipinski definition) is 5. The van der Waals surface area contributed by atoms with Crippen molar-refractivity contribution in [1.29, 1.82) is 0 Å². The molecular weight excluding hydrogens is 378 g/mol. The summed E-state index contributed by atoms with van der Waals surface area (Å²) < 4.78 is 5.68. The first kappa shape index (κ1) is 18.4. The van der Waals surface area contributed by atoms with E-state index in [1.54, 1.807) is 36.4 Å². The highest BCUT2D eigenvalue weighted by molar-refractivity contribution is 6.30. The van der Waals surface area contributed by atoms with Crippen molar-refractivity contribution in [2.45, 2.75) is 25.7 Å². The number of halogens is 1. The van der Waals surface area contributed by atoms with Crippen LogP contribution in [0.1, 0.15) is 45.9 Å². The average molecular weight is 396 g/mol. The van der Waals surface area contributed by atoms with Crippen LogP contribution in [0.5, 0.6) is 0 Å². The van der Waals surface area contributed by atoms with Crippen molar-refractivity contribution in [2.75, 3.05) is 6.54 Å². The zero-order valence-corrected chi connectivity index (χ0v) is 15.9. The van der Waals surface area contributed by atoms with E-state index < -0.39 is 0 Å². The molecule has 2 heterocycles. The van der Waals surface area contributed by atoms with Crippen LogP contribution in [0, 0.1) is 0 Å². The van der Waals surface area contributed by atoms with E-state index in [0.29, 0.717) is 40.9 Å². The topological polar surface area (TPSA) is 76.3 Å². The molecule has 0 saturated heterocycles. The molecule has 4 rings (SSSR count). The Hall–Kier alpha value is -2.99. The van der Waals surface area contributed by atoms with Crippen LogP contribution >= 0.6 is 11.6 Å². The van der Waals surface area contributed by atoms with Gasteiger partial charge in [0.25, 0.3) is 11.8 Å². The second-order valence-corrected chi connectivity index (χ2v) is 7.07. The second kappa shape index (κ2) is 7.94. The van der Waals surface area contributed by atoms with Crippen molar-refractivity contribution in [3.8, 4) is 11.5 Å². The largest absolute Gasteiger partial charge is 0.421 e. The number of benzene rings is 2. The summed E-state index contributed by atoms with van der Waals surface area (Å²) in [5.41, 5.74) is 1.77. The van der Waals surface area contributed by atoms with Gasteiger partial charge in [0.2, 0.25) is 11.8 Å². The Morgan fingerprint density at radius 1 is 0.893 bits per heavy atom. The summed E-state index contributed by atoms with van der Waals surface area (Å²) in [4.78, 5) is 26.0. The lowest BCUT2D eigenvalue weighted by molar-refractivity contribution is 0.0651. The summed E-state index contributed by atoms with van der Waals surface area (Å²) in [6.07, 6.45) is 3.07. The van der Waals surface area contributed by atoms with Crippen LogP contribution in [0.25, 0.3) is 11.5 Å². The molecule has 0 spiro atoms. The Labute approximate surface area is 167 Å². The molecule has 1 aliphatic heterocycles. The van der Waals surface area contributed by atoms with E-state index in [2.05, 4.69) is 10.2 Å². The minimum Gasteiger partial charge on any atom is -0.421 e. The lowest BCUT2D eigenvalue weighted by Gasteiger charge is -2.13. The zero-order valence-electron chi connectivity index (χ0n) is 15.1. The second-order valence-electron chi connectivity index (χ2n) is 6.63. The highest BCUT2D eigenvalue weighted by Crippen LogP contribution is 2.24. The maximum atomic E-state index is 12.3. The van der Waals surface area contributed by atoms with Gasteiger partial charge in [-0.25, -0.2) is 0 Å². The first-order valence-corrected chi connectivity index (χ1v) is 9.55. The van der Waals surface area contributed by atoms with Crippen LogP contribution in [0.3, 0.4) is 0 Å². The number of amides is 2. The Balaban J connectivity index is 1.25. The number of aromatic nitrogens is 2. The van der Waals surface area contributed by atoms with Crippen molar-refractivity contribution in [1.82, 2.24) is 15.1 Å². The van der Waals surface area contributed by atoms with Crippen LogP contribution in [-0.4, -0.2) is 33.5 Å². The molecule has 0 bridgehead atoms. The van der Waals surface area contributed by atoms with Crippen LogP contribution in [-0.2, 0) is 6.42 Å². The third-order valence-electron chi connectivity index (χ3n) is 4.69. The Morgan fingerprint density at radius 3 is 2.36 bits per heavy atom. The van der Waals surface area contributed by atoms with Gasteiger partial charge in [0.05, 0.1) is 11.1 Å². The molecular formula is C21H18ClN3O3. The van der Waals surface area contributed by atoms with E-state index in [1.807, 2.05) is 12.1 Å². The van der Waals surface area contributed by atoms with E-state index in [4.69, 9.17) is 16.0 Å². The predicted octanol–water partition coefficient (Wildman–Crippen LogP) is 4.40. The number of carbonyl (C=O) groups excluding carboxylic acids is 2. The molecule has 28 heavy (non-hydrogen) atoms. The van der Waals surface area contributed by atoms with Crippen molar-refractivity contribution in [2.24, 2.45) is 0 Å². The smallest absolute Gasteiger partial charge is 0.261 e. The third kappa shape index (κ3) is 3.68. The molecule has 3 aromatic rings. The molecule has 7 heteroatoms. The number of nitrogens with zero attached hydrogens (tertiary/aromatic N) is 3. The summed E-state index contributed by atoms with van der Waals surface area (Å²) in [6.45, 7) is 0.421. The van der Waals surface area contributed by atoms with Gasteiger partial charge in [-0.3, -0.25) is 14.5 Å².